The van der Waals surface area contributed by atoms with E-state index in [9.17, 15) is 0 Å². The predicted molar refractivity (Wildman–Crippen MR) is 76.8 cm³/mol. The van der Waals surface area contributed by atoms with Gasteiger partial charge in [0.1, 0.15) is 4.83 Å². The van der Waals surface area contributed by atoms with Crippen LogP contribution in [0.5, 0.6) is 0 Å². The number of hydrazine groups is 1. The molecule has 3 rings (SSSR count). The Labute approximate surface area is 114 Å². The zero-order chi connectivity index (χ0) is 13.4. The molecule has 0 unspecified atom stereocenters. The van der Waals surface area contributed by atoms with Crippen molar-refractivity contribution in [2.75, 3.05) is 5.43 Å². The Bertz CT molecular complexity index is 729. The highest BCUT2D eigenvalue weighted by Crippen LogP contribution is 2.30. The number of aromatic nitrogens is 4. The van der Waals surface area contributed by atoms with Gasteiger partial charge in [-0.25, -0.2) is 20.8 Å². The van der Waals surface area contributed by atoms with Crippen LogP contribution >= 0.6 is 11.3 Å². The molecule has 0 amide bonds. The molecular formula is C12H14N6S. The summed E-state index contributed by atoms with van der Waals surface area (Å²) in [7, 11) is 1.91. The molecule has 0 spiro atoms. The summed E-state index contributed by atoms with van der Waals surface area (Å²) in [6.07, 6.45) is 4.57. The van der Waals surface area contributed by atoms with Crippen LogP contribution in [-0.4, -0.2) is 19.5 Å². The lowest BCUT2D eigenvalue weighted by Gasteiger charge is -2.04. The molecule has 0 saturated carbocycles. The van der Waals surface area contributed by atoms with Crippen molar-refractivity contribution >= 4 is 27.4 Å². The zero-order valence-corrected chi connectivity index (χ0v) is 11.5. The molecule has 0 fully saturated rings. The van der Waals surface area contributed by atoms with Crippen molar-refractivity contribution in [1.29, 1.82) is 0 Å². The van der Waals surface area contributed by atoms with Crippen molar-refractivity contribution in [1.82, 2.24) is 19.5 Å². The molecular weight excluding hydrogens is 260 g/mol. The predicted octanol–water partition coefficient (Wildman–Crippen LogP) is 1.94. The number of thiophene rings is 1. The number of hydrogen-bond acceptors (Lipinski definition) is 6. The van der Waals surface area contributed by atoms with E-state index in [1.54, 1.807) is 17.5 Å². The minimum atomic E-state index is 0.581. The molecule has 0 atom stereocenters. The Morgan fingerprint density at radius 1 is 1.42 bits per heavy atom. The molecule has 3 aromatic rings. The highest BCUT2D eigenvalue weighted by Gasteiger charge is 2.14. The third-order valence-corrected chi connectivity index (χ3v) is 4.12. The molecule has 0 bridgehead atoms. The maximum Gasteiger partial charge on any atom is 0.199 e. The van der Waals surface area contributed by atoms with Crippen molar-refractivity contribution in [3.05, 3.63) is 23.3 Å². The summed E-state index contributed by atoms with van der Waals surface area (Å²) >= 11 is 1.66. The second kappa shape index (κ2) is 4.60. The maximum atomic E-state index is 5.56. The molecule has 0 aromatic carbocycles. The first-order valence-corrected chi connectivity index (χ1v) is 6.79. The lowest BCUT2D eigenvalue weighted by Crippen LogP contribution is -2.10. The summed E-state index contributed by atoms with van der Waals surface area (Å²) in [4.78, 5) is 15.5. The van der Waals surface area contributed by atoms with Crippen LogP contribution in [0.15, 0.2) is 18.5 Å². The number of nitrogens with two attached hydrogens (primary N) is 1. The average Bonchev–Trinajstić information content (AvgIpc) is 3.02. The molecule has 3 N–H and O–H groups in total. The Morgan fingerprint density at radius 3 is 2.89 bits per heavy atom. The Morgan fingerprint density at radius 2 is 2.26 bits per heavy atom. The van der Waals surface area contributed by atoms with E-state index >= 15 is 0 Å². The molecule has 0 saturated heterocycles. The monoisotopic (exact) mass is 274 g/mol. The number of imidazole rings is 1. The summed E-state index contributed by atoms with van der Waals surface area (Å²) in [5.74, 6) is 7.51. The molecule has 3 aromatic heterocycles. The lowest BCUT2D eigenvalue weighted by atomic mass is 10.3. The van der Waals surface area contributed by atoms with Crippen LogP contribution < -0.4 is 11.3 Å². The SMILES string of the molecule is CCc1cc2c(NN)nc(-c3nccn3C)nc2s1. The number of nitrogen functional groups attached to an aromatic ring is 1. The third kappa shape index (κ3) is 1.96. The first-order chi connectivity index (χ1) is 9.22. The molecule has 0 aliphatic carbocycles. The zero-order valence-electron chi connectivity index (χ0n) is 10.7. The number of aryl methyl sites for hydroxylation is 2. The number of rotatable bonds is 3. The molecule has 98 valence electrons. The molecule has 7 heteroatoms. The van der Waals surface area contributed by atoms with Gasteiger partial charge in [0.2, 0.25) is 0 Å². The Balaban J connectivity index is 2.25. The van der Waals surface area contributed by atoms with E-state index in [1.165, 1.54) is 4.88 Å². The second-order valence-corrected chi connectivity index (χ2v) is 5.30. The minimum absolute atomic E-state index is 0.581. The number of nitrogens with zero attached hydrogens (tertiary/aromatic N) is 4. The fourth-order valence-electron chi connectivity index (χ4n) is 1.94. The number of hydrogen-bond donors (Lipinski definition) is 2. The van der Waals surface area contributed by atoms with Crippen molar-refractivity contribution in [3.8, 4) is 11.6 Å². The Kier molecular flexibility index (Phi) is 2.92. The van der Waals surface area contributed by atoms with E-state index < -0.39 is 0 Å². The van der Waals surface area contributed by atoms with Crippen LogP contribution in [0.1, 0.15) is 11.8 Å². The summed E-state index contributed by atoms with van der Waals surface area (Å²) in [5.41, 5.74) is 2.65. The molecule has 6 nitrogen and oxygen atoms in total. The van der Waals surface area contributed by atoms with E-state index in [0.29, 0.717) is 11.6 Å². The smallest absolute Gasteiger partial charge is 0.199 e. The number of nitrogens with one attached hydrogen (secondary N) is 1. The van der Waals surface area contributed by atoms with Gasteiger partial charge in [-0.3, -0.25) is 0 Å². The van der Waals surface area contributed by atoms with Gasteiger partial charge in [0.25, 0.3) is 0 Å². The van der Waals surface area contributed by atoms with Gasteiger partial charge >= 0.3 is 0 Å². The molecule has 3 heterocycles. The van der Waals surface area contributed by atoms with Crippen LogP contribution in [-0.2, 0) is 13.5 Å². The lowest BCUT2D eigenvalue weighted by molar-refractivity contribution is 0.909. The van der Waals surface area contributed by atoms with Crippen LogP contribution in [0.3, 0.4) is 0 Å². The molecule has 0 aliphatic rings. The topological polar surface area (TPSA) is 81.6 Å². The van der Waals surface area contributed by atoms with Crippen molar-refractivity contribution in [2.24, 2.45) is 12.9 Å². The molecule has 0 radical (unpaired) electrons. The van der Waals surface area contributed by atoms with Gasteiger partial charge in [-0.15, -0.1) is 11.3 Å². The average molecular weight is 274 g/mol. The van der Waals surface area contributed by atoms with Gasteiger partial charge in [0.15, 0.2) is 17.5 Å². The van der Waals surface area contributed by atoms with Gasteiger partial charge in [-0.05, 0) is 12.5 Å². The second-order valence-electron chi connectivity index (χ2n) is 4.19. The van der Waals surface area contributed by atoms with E-state index in [-0.39, 0.29) is 0 Å². The maximum absolute atomic E-state index is 5.56. The first-order valence-electron chi connectivity index (χ1n) is 5.97. The van der Waals surface area contributed by atoms with E-state index in [1.807, 2.05) is 17.8 Å². The van der Waals surface area contributed by atoms with Gasteiger partial charge < -0.3 is 9.99 Å². The minimum Gasteiger partial charge on any atom is -0.331 e. The van der Waals surface area contributed by atoms with Crippen LogP contribution in [0.4, 0.5) is 5.82 Å². The number of anilines is 1. The Hall–Kier alpha value is -1.99. The third-order valence-electron chi connectivity index (χ3n) is 2.95. The standard InChI is InChI=1S/C12H14N6S/c1-3-7-6-8-9(17-13)15-10(16-12(8)19-7)11-14-4-5-18(11)2/h4-6H,3,13H2,1-2H3,(H,15,16,17). The van der Waals surface area contributed by atoms with Gasteiger partial charge in [-0.1, -0.05) is 6.92 Å². The van der Waals surface area contributed by atoms with E-state index in [2.05, 4.69) is 33.4 Å². The van der Waals surface area contributed by atoms with Crippen LogP contribution in [0, 0.1) is 0 Å². The van der Waals surface area contributed by atoms with Crippen molar-refractivity contribution < 1.29 is 0 Å². The first kappa shape index (κ1) is 12.1. The molecule has 19 heavy (non-hydrogen) atoms. The number of fused-ring (bicyclic) bond motifs is 1. The van der Waals surface area contributed by atoms with Crippen molar-refractivity contribution in [3.63, 3.8) is 0 Å². The quantitative estimate of drug-likeness (QED) is 0.563. The largest absolute Gasteiger partial charge is 0.331 e. The van der Waals surface area contributed by atoms with Crippen molar-refractivity contribution in [2.45, 2.75) is 13.3 Å². The molecule has 0 aliphatic heterocycles. The normalized spacial score (nSPS) is 11.1. The summed E-state index contributed by atoms with van der Waals surface area (Å²) in [6.45, 7) is 2.12. The van der Waals surface area contributed by atoms with Gasteiger partial charge in [0.05, 0.1) is 5.39 Å². The highest BCUT2D eigenvalue weighted by atomic mass is 32.1. The fraction of sp³-hybridized carbons (Fsp3) is 0.250. The van der Waals surface area contributed by atoms with Crippen LogP contribution in [0.2, 0.25) is 0 Å². The van der Waals surface area contributed by atoms with Crippen LogP contribution in [0.25, 0.3) is 21.9 Å². The van der Waals surface area contributed by atoms with E-state index in [0.717, 1.165) is 22.5 Å². The van der Waals surface area contributed by atoms with E-state index in [4.69, 9.17) is 5.84 Å². The van der Waals surface area contributed by atoms with Gasteiger partial charge in [0, 0.05) is 24.3 Å². The summed E-state index contributed by atoms with van der Waals surface area (Å²) in [5, 5.41) is 0.960. The summed E-state index contributed by atoms with van der Waals surface area (Å²) < 4.78 is 1.88. The van der Waals surface area contributed by atoms with Gasteiger partial charge in [-0.2, -0.15) is 0 Å². The summed E-state index contributed by atoms with van der Waals surface area (Å²) in [6, 6.07) is 2.08. The fourth-order valence-corrected chi connectivity index (χ4v) is 2.90. The highest BCUT2D eigenvalue weighted by molar-refractivity contribution is 7.18.